The lowest BCUT2D eigenvalue weighted by molar-refractivity contribution is 0.381. The van der Waals surface area contributed by atoms with Crippen LogP contribution in [0.15, 0.2) is 41.4 Å². The van der Waals surface area contributed by atoms with E-state index < -0.39 is 0 Å². The van der Waals surface area contributed by atoms with Gasteiger partial charge in [0, 0.05) is 24.0 Å². The summed E-state index contributed by atoms with van der Waals surface area (Å²) >= 11 is 0. The highest BCUT2D eigenvalue weighted by molar-refractivity contribution is 5.86. The van der Waals surface area contributed by atoms with E-state index in [2.05, 4.69) is 56.6 Å². The second-order valence-electron chi connectivity index (χ2n) is 7.66. The van der Waals surface area contributed by atoms with Crippen molar-refractivity contribution < 1.29 is 4.39 Å². The summed E-state index contributed by atoms with van der Waals surface area (Å²) in [7, 11) is 0. The van der Waals surface area contributed by atoms with Crippen LogP contribution in [0.2, 0.25) is 0 Å². The van der Waals surface area contributed by atoms with E-state index in [9.17, 15) is 4.39 Å². The van der Waals surface area contributed by atoms with Gasteiger partial charge in [-0.2, -0.15) is 0 Å². The van der Waals surface area contributed by atoms with E-state index in [0.29, 0.717) is 5.92 Å². The predicted molar refractivity (Wildman–Crippen MR) is 105 cm³/mol. The first kappa shape index (κ1) is 17.7. The quantitative estimate of drug-likeness (QED) is 0.627. The average molecular weight is 338 g/mol. The highest BCUT2D eigenvalue weighted by Crippen LogP contribution is 2.44. The van der Waals surface area contributed by atoms with E-state index in [-0.39, 0.29) is 11.4 Å². The fourth-order valence-electron chi connectivity index (χ4n) is 4.06. The van der Waals surface area contributed by atoms with Crippen molar-refractivity contribution in [1.82, 2.24) is 0 Å². The normalized spacial score (nSPS) is 19.3. The van der Waals surface area contributed by atoms with E-state index in [1.54, 1.807) is 12.1 Å². The van der Waals surface area contributed by atoms with E-state index in [1.807, 2.05) is 6.21 Å². The van der Waals surface area contributed by atoms with Gasteiger partial charge in [-0.25, -0.2) is 4.39 Å². The van der Waals surface area contributed by atoms with Crippen LogP contribution in [0.3, 0.4) is 0 Å². The summed E-state index contributed by atoms with van der Waals surface area (Å²) in [6.07, 6.45) is 3.04. The minimum atomic E-state index is -0.236. The number of halogens is 1. The van der Waals surface area contributed by atoms with Gasteiger partial charge in [-0.1, -0.05) is 6.92 Å². The summed E-state index contributed by atoms with van der Waals surface area (Å²) in [6, 6.07) is 10.8. The summed E-state index contributed by atoms with van der Waals surface area (Å²) < 4.78 is 13.0. The van der Waals surface area contributed by atoms with Crippen molar-refractivity contribution in [2.45, 2.75) is 52.5 Å². The zero-order valence-corrected chi connectivity index (χ0v) is 15.8. The molecule has 1 aliphatic heterocycles. The molecule has 1 heterocycles. The topological polar surface area (TPSA) is 15.6 Å². The van der Waals surface area contributed by atoms with Crippen LogP contribution >= 0.6 is 0 Å². The van der Waals surface area contributed by atoms with E-state index >= 15 is 0 Å². The first-order valence-electron chi connectivity index (χ1n) is 9.03. The lowest BCUT2D eigenvalue weighted by atomic mass is 9.79. The number of rotatable bonds is 3. The van der Waals surface area contributed by atoms with Crippen molar-refractivity contribution in [3.8, 4) is 0 Å². The SMILES string of the molecule is CCN1c2cc(C)c(C=Nc3ccc(F)cc3)cc2[C@H](C)CC1(C)C. The molecule has 0 N–H and O–H groups in total. The molecular formula is C22H27FN2. The van der Waals surface area contributed by atoms with Crippen molar-refractivity contribution >= 4 is 17.6 Å². The van der Waals surface area contributed by atoms with Crippen molar-refractivity contribution in [3.05, 3.63) is 58.9 Å². The van der Waals surface area contributed by atoms with Gasteiger partial charge in [0.15, 0.2) is 0 Å². The van der Waals surface area contributed by atoms with Gasteiger partial charge < -0.3 is 4.90 Å². The van der Waals surface area contributed by atoms with Crippen molar-refractivity contribution in [1.29, 1.82) is 0 Å². The zero-order valence-electron chi connectivity index (χ0n) is 15.8. The molecule has 0 bridgehead atoms. The lowest BCUT2D eigenvalue weighted by Crippen LogP contribution is -2.48. The Morgan fingerprint density at radius 1 is 1.24 bits per heavy atom. The summed E-state index contributed by atoms with van der Waals surface area (Å²) in [5.41, 5.74) is 6.04. The maximum absolute atomic E-state index is 13.0. The Morgan fingerprint density at radius 2 is 1.92 bits per heavy atom. The third kappa shape index (κ3) is 3.46. The fraction of sp³-hybridized carbons (Fsp3) is 0.409. The molecule has 2 aromatic rings. The van der Waals surface area contributed by atoms with Crippen molar-refractivity contribution in [2.24, 2.45) is 4.99 Å². The Kier molecular flexibility index (Phi) is 4.68. The lowest BCUT2D eigenvalue weighted by Gasteiger charge is -2.47. The first-order chi connectivity index (χ1) is 11.8. The monoisotopic (exact) mass is 338 g/mol. The molecule has 0 aliphatic carbocycles. The number of aryl methyl sites for hydroxylation is 1. The van der Waals surface area contributed by atoms with Gasteiger partial charge in [-0.3, -0.25) is 4.99 Å². The third-order valence-electron chi connectivity index (χ3n) is 5.27. The molecule has 25 heavy (non-hydrogen) atoms. The molecule has 3 rings (SSSR count). The Labute approximate surface area is 150 Å². The van der Waals surface area contributed by atoms with E-state index in [4.69, 9.17) is 0 Å². The first-order valence-corrected chi connectivity index (χ1v) is 9.03. The highest BCUT2D eigenvalue weighted by Gasteiger charge is 2.35. The summed E-state index contributed by atoms with van der Waals surface area (Å²) in [6.45, 7) is 12.3. The number of hydrogen-bond donors (Lipinski definition) is 0. The molecule has 3 heteroatoms. The average Bonchev–Trinajstić information content (AvgIpc) is 2.54. The zero-order chi connectivity index (χ0) is 18.2. The molecule has 0 saturated heterocycles. The van der Waals surface area contributed by atoms with Crippen molar-refractivity contribution in [2.75, 3.05) is 11.4 Å². The van der Waals surface area contributed by atoms with Gasteiger partial charge in [0.1, 0.15) is 5.82 Å². The molecule has 0 saturated carbocycles. The number of hydrogen-bond acceptors (Lipinski definition) is 2. The van der Waals surface area contributed by atoms with Crippen LogP contribution < -0.4 is 4.90 Å². The van der Waals surface area contributed by atoms with Gasteiger partial charge in [-0.15, -0.1) is 0 Å². The minimum Gasteiger partial charge on any atom is -0.366 e. The molecule has 0 radical (unpaired) electrons. The van der Waals surface area contributed by atoms with Crippen molar-refractivity contribution in [3.63, 3.8) is 0 Å². The molecule has 2 nitrogen and oxygen atoms in total. The summed E-state index contributed by atoms with van der Waals surface area (Å²) in [4.78, 5) is 7.03. The summed E-state index contributed by atoms with van der Waals surface area (Å²) in [5, 5.41) is 0. The standard InChI is InChI=1S/C22H27FN2/c1-6-25-21-11-15(2)17(12-20(21)16(3)13-22(25,4)5)14-24-19-9-7-18(23)8-10-19/h7-12,14,16H,6,13H2,1-5H3/t16-/m1/s1. The van der Waals surface area contributed by atoms with Crippen LogP contribution in [0.4, 0.5) is 15.8 Å². The Hall–Kier alpha value is -2.16. The van der Waals surface area contributed by atoms with Crippen LogP contribution in [0.5, 0.6) is 0 Å². The maximum atomic E-state index is 13.0. The molecule has 2 aromatic carbocycles. The number of anilines is 1. The number of benzene rings is 2. The molecule has 0 aromatic heterocycles. The number of fused-ring (bicyclic) bond motifs is 1. The largest absolute Gasteiger partial charge is 0.366 e. The molecular weight excluding hydrogens is 311 g/mol. The fourth-order valence-corrected chi connectivity index (χ4v) is 4.06. The molecule has 1 atom stereocenters. The Balaban J connectivity index is 1.99. The number of aliphatic imine (C=N–C) groups is 1. The molecule has 0 unspecified atom stereocenters. The molecule has 0 fully saturated rings. The third-order valence-corrected chi connectivity index (χ3v) is 5.27. The Morgan fingerprint density at radius 3 is 2.56 bits per heavy atom. The van der Waals surface area contributed by atoms with Crippen LogP contribution in [-0.4, -0.2) is 18.3 Å². The van der Waals surface area contributed by atoms with Gasteiger partial charge in [0.2, 0.25) is 0 Å². The Bertz CT molecular complexity index is 790. The highest BCUT2D eigenvalue weighted by atomic mass is 19.1. The van der Waals surface area contributed by atoms with Crippen LogP contribution in [-0.2, 0) is 0 Å². The van der Waals surface area contributed by atoms with Crippen LogP contribution in [0, 0.1) is 12.7 Å². The molecule has 0 amide bonds. The van der Waals surface area contributed by atoms with Gasteiger partial charge >= 0.3 is 0 Å². The smallest absolute Gasteiger partial charge is 0.123 e. The number of nitrogens with zero attached hydrogens (tertiary/aromatic N) is 2. The van der Waals surface area contributed by atoms with Crippen LogP contribution in [0.1, 0.15) is 56.7 Å². The molecule has 0 spiro atoms. The maximum Gasteiger partial charge on any atom is 0.123 e. The van der Waals surface area contributed by atoms with E-state index in [0.717, 1.165) is 24.2 Å². The summed E-state index contributed by atoms with van der Waals surface area (Å²) in [5.74, 6) is 0.284. The predicted octanol–water partition coefficient (Wildman–Crippen LogP) is 6.00. The second-order valence-corrected chi connectivity index (χ2v) is 7.66. The molecule has 132 valence electrons. The minimum absolute atomic E-state index is 0.178. The van der Waals surface area contributed by atoms with Crippen LogP contribution in [0.25, 0.3) is 0 Å². The van der Waals surface area contributed by atoms with Gasteiger partial charge in [-0.05, 0) is 93.1 Å². The molecule has 1 aliphatic rings. The second kappa shape index (κ2) is 6.62. The van der Waals surface area contributed by atoms with E-state index in [1.165, 1.54) is 28.9 Å². The van der Waals surface area contributed by atoms with Gasteiger partial charge in [0.05, 0.1) is 5.69 Å². The van der Waals surface area contributed by atoms with Gasteiger partial charge in [0.25, 0.3) is 0 Å².